The normalized spacial score (nSPS) is 24.7. The van der Waals surface area contributed by atoms with Crippen molar-refractivity contribution in [1.29, 1.82) is 0 Å². The first-order valence-corrected chi connectivity index (χ1v) is 11.3. The zero-order valence-electron chi connectivity index (χ0n) is 16.7. The Hall–Kier alpha value is -2.82. The summed E-state index contributed by atoms with van der Waals surface area (Å²) in [4.78, 5) is 20.4. The van der Waals surface area contributed by atoms with E-state index < -0.39 is 0 Å². The molecule has 31 heavy (non-hydrogen) atoms. The minimum atomic E-state index is 0.0200. The van der Waals surface area contributed by atoms with Gasteiger partial charge >= 0.3 is 0 Å². The summed E-state index contributed by atoms with van der Waals surface area (Å²) >= 11 is 8.05. The molecular formula is C20H20ClN9S. The van der Waals surface area contributed by atoms with Gasteiger partial charge in [-0.25, -0.2) is 19.9 Å². The summed E-state index contributed by atoms with van der Waals surface area (Å²) in [5.74, 6) is 2.08. The number of rotatable bonds is 4. The average molecular weight is 454 g/mol. The van der Waals surface area contributed by atoms with Gasteiger partial charge < -0.3 is 16.4 Å². The van der Waals surface area contributed by atoms with E-state index >= 15 is 0 Å². The fourth-order valence-electron chi connectivity index (χ4n) is 4.97. The van der Waals surface area contributed by atoms with Crippen LogP contribution >= 0.6 is 22.9 Å². The molecule has 9 nitrogen and oxygen atoms in total. The minimum absolute atomic E-state index is 0.0200. The number of hydrogen-bond acceptors (Lipinski definition) is 9. The zero-order valence-corrected chi connectivity index (χ0v) is 18.3. The Kier molecular flexibility index (Phi) is 4.02. The van der Waals surface area contributed by atoms with Gasteiger partial charge in [-0.2, -0.15) is 5.10 Å². The fourth-order valence-corrected chi connectivity index (χ4v) is 6.31. The number of anilines is 2. The highest BCUT2D eigenvalue weighted by atomic mass is 35.5. The molecule has 4 aromatic rings. The number of aromatic nitrogens is 6. The molecule has 6 rings (SSSR count). The van der Waals surface area contributed by atoms with Gasteiger partial charge in [0.05, 0.1) is 11.2 Å². The number of nitrogen functional groups attached to an aromatic ring is 1. The monoisotopic (exact) mass is 453 g/mol. The molecule has 1 saturated heterocycles. The zero-order chi connectivity index (χ0) is 21.3. The molecule has 1 unspecified atom stereocenters. The van der Waals surface area contributed by atoms with Gasteiger partial charge in [0, 0.05) is 47.9 Å². The number of nitrogens with zero attached hydrogens (tertiary/aromatic N) is 6. The Morgan fingerprint density at radius 2 is 2.10 bits per heavy atom. The van der Waals surface area contributed by atoms with Crippen molar-refractivity contribution in [3.8, 4) is 11.3 Å². The maximum atomic E-state index is 6.32. The third-order valence-corrected chi connectivity index (χ3v) is 8.19. The Bertz CT molecular complexity index is 1300. The quantitative estimate of drug-likeness (QED) is 0.428. The summed E-state index contributed by atoms with van der Waals surface area (Å²) in [5, 5.41) is 11.0. The number of fused-ring (bicyclic) bond motifs is 2. The Labute approximate surface area is 186 Å². The molecule has 5 heterocycles. The van der Waals surface area contributed by atoms with Crippen LogP contribution in [0.25, 0.3) is 22.4 Å². The predicted molar refractivity (Wildman–Crippen MR) is 121 cm³/mol. The van der Waals surface area contributed by atoms with Gasteiger partial charge in [-0.3, -0.25) is 5.10 Å². The van der Waals surface area contributed by atoms with Crippen molar-refractivity contribution >= 4 is 45.7 Å². The average Bonchev–Trinajstić information content (AvgIpc) is 3.26. The van der Waals surface area contributed by atoms with Crippen LogP contribution in [0.5, 0.6) is 0 Å². The molecule has 158 valence electrons. The van der Waals surface area contributed by atoms with Crippen LogP contribution in [0.3, 0.4) is 0 Å². The van der Waals surface area contributed by atoms with Crippen LogP contribution in [0.4, 0.5) is 11.6 Å². The van der Waals surface area contributed by atoms with Crippen molar-refractivity contribution in [2.75, 3.05) is 30.3 Å². The summed E-state index contributed by atoms with van der Waals surface area (Å²) < 4.78 is 0. The van der Waals surface area contributed by atoms with Crippen LogP contribution in [-0.2, 0) is 5.41 Å². The van der Waals surface area contributed by atoms with Crippen molar-refractivity contribution in [1.82, 2.24) is 30.1 Å². The smallest absolute Gasteiger partial charge is 0.177 e. The van der Waals surface area contributed by atoms with Crippen LogP contribution in [0.15, 0.2) is 23.8 Å². The summed E-state index contributed by atoms with van der Waals surface area (Å²) in [5.41, 5.74) is 15.7. The molecule has 4 aromatic heterocycles. The van der Waals surface area contributed by atoms with E-state index in [1.54, 1.807) is 29.8 Å². The Balaban J connectivity index is 1.28. The molecule has 1 aliphatic carbocycles. The van der Waals surface area contributed by atoms with E-state index in [0.717, 1.165) is 24.6 Å². The largest absolute Gasteiger partial charge is 0.382 e. The molecule has 0 spiro atoms. The fraction of sp³-hybridized carbons (Fsp3) is 0.350. The first-order valence-electron chi connectivity index (χ1n) is 10.0. The van der Waals surface area contributed by atoms with E-state index in [-0.39, 0.29) is 11.2 Å². The van der Waals surface area contributed by atoms with Gasteiger partial charge in [-0.1, -0.05) is 11.6 Å². The summed E-state index contributed by atoms with van der Waals surface area (Å²) in [7, 11) is 0. The number of nitrogens with one attached hydrogen (secondary N) is 1. The number of pyridine rings is 1. The Morgan fingerprint density at radius 3 is 2.81 bits per heavy atom. The lowest BCUT2D eigenvalue weighted by molar-refractivity contribution is 0.549. The van der Waals surface area contributed by atoms with Gasteiger partial charge in [-0.15, -0.1) is 11.3 Å². The number of nitrogens with two attached hydrogens (primary N) is 2. The number of piperidine rings is 1. The highest BCUT2D eigenvalue weighted by Crippen LogP contribution is 2.63. The van der Waals surface area contributed by atoms with Crippen molar-refractivity contribution in [2.24, 2.45) is 17.6 Å². The van der Waals surface area contributed by atoms with Crippen LogP contribution < -0.4 is 16.4 Å². The Morgan fingerprint density at radius 1 is 1.29 bits per heavy atom. The topological polar surface area (TPSA) is 136 Å². The molecule has 2 aliphatic rings. The molecule has 0 bridgehead atoms. The molecule has 3 atom stereocenters. The van der Waals surface area contributed by atoms with Gasteiger partial charge in [0.15, 0.2) is 5.65 Å². The number of thiazole rings is 1. The number of aromatic amines is 1. The lowest BCUT2D eigenvalue weighted by Gasteiger charge is -2.25. The van der Waals surface area contributed by atoms with Crippen LogP contribution in [0.1, 0.15) is 10.7 Å². The van der Waals surface area contributed by atoms with Gasteiger partial charge in [0.1, 0.15) is 27.9 Å². The third kappa shape index (κ3) is 2.61. The summed E-state index contributed by atoms with van der Waals surface area (Å²) in [6.45, 7) is 4.46. The highest BCUT2D eigenvalue weighted by Gasteiger charge is 2.69. The van der Waals surface area contributed by atoms with E-state index in [9.17, 15) is 0 Å². The van der Waals surface area contributed by atoms with Gasteiger partial charge in [0.25, 0.3) is 0 Å². The second-order valence-electron chi connectivity index (χ2n) is 8.21. The molecule has 2 fully saturated rings. The van der Waals surface area contributed by atoms with Gasteiger partial charge in [-0.05, 0) is 24.8 Å². The first kappa shape index (κ1) is 18.9. The molecule has 1 aliphatic heterocycles. The van der Waals surface area contributed by atoms with E-state index in [1.165, 1.54) is 5.01 Å². The summed E-state index contributed by atoms with van der Waals surface area (Å²) in [6, 6.07) is 1.77. The standard InChI is InChI=1S/C20H20ClN9S/c1-9-7-31-19(26-9)20(8-22)11-5-30(6-12(11)20)13-4-25-16-15(28-29-18(16)27-13)10-2-3-24-17(23)14(10)21/h2-4,7,11-12H,5-6,8,22H2,1H3,(H2,23,24)(H,27,28,29)/t11-,12+,20?. The van der Waals surface area contributed by atoms with Crippen LogP contribution in [0, 0.1) is 18.8 Å². The van der Waals surface area contributed by atoms with Crippen LogP contribution in [-0.4, -0.2) is 49.8 Å². The maximum absolute atomic E-state index is 6.32. The van der Waals surface area contributed by atoms with Crippen LogP contribution in [0.2, 0.25) is 5.02 Å². The third-order valence-electron chi connectivity index (χ3n) is 6.64. The molecule has 0 radical (unpaired) electrons. The predicted octanol–water partition coefficient (Wildman–Crippen LogP) is 2.38. The van der Waals surface area contributed by atoms with E-state index in [4.69, 9.17) is 33.0 Å². The molecule has 11 heteroatoms. The van der Waals surface area contributed by atoms with Crippen molar-refractivity contribution < 1.29 is 0 Å². The second-order valence-corrected chi connectivity index (χ2v) is 9.45. The molecule has 5 N–H and O–H groups in total. The van der Waals surface area contributed by atoms with Crippen molar-refractivity contribution in [2.45, 2.75) is 12.3 Å². The SMILES string of the molecule is Cc1csc(C2(CN)[C@@H]3CN(c4cnc5c(-c6ccnc(N)c6Cl)n[nH]c5n4)C[C@@H]32)n1. The highest BCUT2D eigenvalue weighted by molar-refractivity contribution is 7.09. The van der Waals surface area contributed by atoms with E-state index in [1.807, 2.05) is 6.92 Å². The van der Waals surface area contributed by atoms with E-state index in [0.29, 0.717) is 45.8 Å². The van der Waals surface area contributed by atoms with Crippen molar-refractivity contribution in [3.05, 3.63) is 39.6 Å². The summed E-state index contributed by atoms with van der Waals surface area (Å²) in [6.07, 6.45) is 3.39. The lowest BCUT2D eigenvalue weighted by atomic mass is 10.0. The number of H-pyrrole nitrogens is 1. The van der Waals surface area contributed by atoms with Crippen molar-refractivity contribution in [3.63, 3.8) is 0 Å². The number of hydrogen-bond donors (Lipinski definition) is 3. The van der Waals surface area contributed by atoms with E-state index in [2.05, 4.69) is 30.4 Å². The van der Waals surface area contributed by atoms with Gasteiger partial charge in [0.2, 0.25) is 0 Å². The molecule has 0 amide bonds. The lowest BCUT2D eigenvalue weighted by Crippen LogP contribution is -2.35. The maximum Gasteiger partial charge on any atom is 0.177 e. The number of aryl methyl sites for hydroxylation is 1. The first-order chi connectivity index (χ1) is 15.0. The minimum Gasteiger partial charge on any atom is -0.382 e. The molecule has 0 aromatic carbocycles. The molecule has 1 saturated carbocycles. The second kappa shape index (κ2) is 6.59. The number of halogens is 1. The molecular weight excluding hydrogens is 434 g/mol.